The smallest absolute Gasteiger partial charge is 0.407 e. The van der Waals surface area contributed by atoms with E-state index in [0.29, 0.717) is 19.6 Å². The Hall–Kier alpha value is -2.04. The van der Waals surface area contributed by atoms with Gasteiger partial charge in [-0.1, -0.05) is 30.3 Å². The van der Waals surface area contributed by atoms with Gasteiger partial charge in [-0.15, -0.1) is 0 Å². The van der Waals surface area contributed by atoms with Crippen molar-refractivity contribution in [1.82, 2.24) is 10.2 Å². The summed E-state index contributed by atoms with van der Waals surface area (Å²) in [6.07, 6.45) is 3.76. The van der Waals surface area contributed by atoms with Crippen molar-refractivity contribution < 1.29 is 14.3 Å². The number of carbonyl (C=O) groups excluding carboxylic acids is 2. The minimum absolute atomic E-state index is 0.000809. The number of carbonyl (C=O) groups is 2. The van der Waals surface area contributed by atoms with Crippen molar-refractivity contribution in [1.29, 1.82) is 0 Å². The molecule has 1 saturated heterocycles. The number of nitrogens with one attached hydrogen (secondary N) is 1. The number of aryl methyl sites for hydroxylation is 1. The molecule has 2 rings (SSSR count). The van der Waals surface area contributed by atoms with Crippen LogP contribution in [0.25, 0.3) is 0 Å². The Kier molecular flexibility index (Phi) is 6.91. The number of amides is 2. The maximum atomic E-state index is 12.3. The van der Waals surface area contributed by atoms with Gasteiger partial charge < -0.3 is 15.0 Å². The zero-order chi connectivity index (χ0) is 16.5. The van der Waals surface area contributed by atoms with Crippen molar-refractivity contribution in [2.75, 3.05) is 19.7 Å². The third-order valence-electron chi connectivity index (χ3n) is 4.07. The van der Waals surface area contributed by atoms with Crippen LogP contribution in [0.15, 0.2) is 30.3 Å². The highest BCUT2D eigenvalue weighted by Gasteiger charge is 2.24. The van der Waals surface area contributed by atoms with Gasteiger partial charge >= 0.3 is 6.09 Å². The van der Waals surface area contributed by atoms with Gasteiger partial charge in [0.25, 0.3) is 0 Å². The molecule has 126 valence electrons. The van der Waals surface area contributed by atoms with E-state index in [-0.39, 0.29) is 11.9 Å². The molecule has 23 heavy (non-hydrogen) atoms. The SMILES string of the molecule is CCOC(=O)N[C@@H]1CCCN(C(=O)CCCc2ccccc2)C1. The van der Waals surface area contributed by atoms with Crippen LogP contribution in [0.2, 0.25) is 0 Å². The Labute approximate surface area is 138 Å². The van der Waals surface area contributed by atoms with Crippen LogP contribution in [0.1, 0.15) is 38.2 Å². The highest BCUT2D eigenvalue weighted by Crippen LogP contribution is 2.13. The van der Waals surface area contributed by atoms with Gasteiger partial charge in [0.2, 0.25) is 5.91 Å². The number of rotatable bonds is 6. The first-order valence-electron chi connectivity index (χ1n) is 8.44. The molecule has 0 aromatic heterocycles. The quantitative estimate of drug-likeness (QED) is 0.877. The predicted molar refractivity (Wildman–Crippen MR) is 89.1 cm³/mol. The zero-order valence-electron chi connectivity index (χ0n) is 13.8. The lowest BCUT2D eigenvalue weighted by atomic mass is 10.0. The molecule has 1 N–H and O–H groups in total. The summed E-state index contributed by atoms with van der Waals surface area (Å²) in [5.41, 5.74) is 1.26. The van der Waals surface area contributed by atoms with E-state index < -0.39 is 6.09 Å². The van der Waals surface area contributed by atoms with Crippen LogP contribution in [-0.4, -0.2) is 42.6 Å². The molecule has 0 saturated carbocycles. The number of likely N-dealkylation sites (tertiary alicyclic amines) is 1. The predicted octanol–water partition coefficient (Wildman–Crippen LogP) is 2.75. The summed E-state index contributed by atoms with van der Waals surface area (Å²) in [7, 11) is 0. The fourth-order valence-electron chi connectivity index (χ4n) is 2.91. The van der Waals surface area contributed by atoms with E-state index in [1.54, 1.807) is 6.92 Å². The molecule has 5 heteroatoms. The monoisotopic (exact) mass is 318 g/mol. The molecule has 1 heterocycles. The molecule has 1 aliphatic rings. The van der Waals surface area contributed by atoms with Gasteiger partial charge in [0.15, 0.2) is 0 Å². The second kappa shape index (κ2) is 9.18. The van der Waals surface area contributed by atoms with Gasteiger partial charge in [-0.05, 0) is 38.2 Å². The van der Waals surface area contributed by atoms with E-state index in [1.807, 2.05) is 23.1 Å². The second-order valence-electron chi connectivity index (χ2n) is 5.88. The van der Waals surface area contributed by atoms with Gasteiger partial charge in [-0.2, -0.15) is 0 Å². The number of ether oxygens (including phenoxy) is 1. The van der Waals surface area contributed by atoms with Crippen LogP contribution in [0.3, 0.4) is 0 Å². The topological polar surface area (TPSA) is 58.6 Å². The Balaban J connectivity index is 1.72. The fraction of sp³-hybridized carbons (Fsp3) is 0.556. The van der Waals surface area contributed by atoms with Crippen molar-refractivity contribution in [3.05, 3.63) is 35.9 Å². The molecule has 1 aromatic rings. The molecule has 1 fully saturated rings. The molecule has 1 atom stereocenters. The summed E-state index contributed by atoms with van der Waals surface area (Å²) in [5.74, 6) is 0.177. The lowest BCUT2D eigenvalue weighted by molar-refractivity contribution is -0.132. The number of alkyl carbamates (subject to hydrolysis) is 1. The third-order valence-corrected chi connectivity index (χ3v) is 4.07. The number of benzene rings is 1. The standard InChI is InChI=1S/C18H26N2O3/c1-2-23-18(22)19-16-11-7-13-20(14-16)17(21)12-6-10-15-8-4-3-5-9-15/h3-5,8-9,16H,2,6-7,10-14H2,1H3,(H,19,22)/t16-/m1/s1. The van der Waals surface area contributed by atoms with Gasteiger partial charge in [0, 0.05) is 25.6 Å². The largest absolute Gasteiger partial charge is 0.450 e. The van der Waals surface area contributed by atoms with Crippen LogP contribution >= 0.6 is 0 Å². The Morgan fingerprint density at radius 2 is 2.09 bits per heavy atom. The summed E-state index contributed by atoms with van der Waals surface area (Å²) < 4.78 is 4.90. The summed E-state index contributed by atoms with van der Waals surface area (Å²) in [5, 5.41) is 2.83. The normalized spacial score (nSPS) is 17.6. The van der Waals surface area contributed by atoms with Gasteiger partial charge in [-0.3, -0.25) is 4.79 Å². The average Bonchev–Trinajstić information content (AvgIpc) is 2.56. The molecule has 0 bridgehead atoms. The Bertz CT molecular complexity index is 504. The van der Waals surface area contributed by atoms with E-state index in [2.05, 4.69) is 17.4 Å². The molecule has 5 nitrogen and oxygen atoms in total. The third kappa shape index (κ3) is 5.93. The molecule has 2 amide bonds. The van der Waals surface area contributed by atoms with Crippen LogP contribution in [0, 0.1) is 0 Å². The summed E-state index contributed by atoms with van der Waals surface area (Å²) in [4.78, 5) is 25.7. The molecular weight excluding hydrogens is 292 g/mol. The van der Waals surface area contributed by atoms with Gasteiger partial charge in [0.1, 0.15) is 0 Å². The maximum Gasteiger partial charge on any atom is 0.407 e. The van der Waals surface area contributed by atoms with E-state index in [4.69, 9.17) is 4.74 Å². The van der Waals surface area contributed by atoms with Crippen molar-refractivity contribution in [2.24, 2.45) is 0 Å². The first kappa shape index (κ1) is 17.3. The zero-order valence-corrected chi connectivity index (χ0v) is 13.8. The van der Waals surface area contributed by atoms with Crippen LogP contribution in [0.5, 0.6) is 0 Å². The van der Waals surface area contributed by atoms with Crippen molar-refractivity contribution in [3.8, 4) is 0 Å². The van der Waals surface area contributed by atoms with Crippen molar-refractivity contribution in [2.45, 2.75) is 45.1 Å². The summed E-state index contributed by atoms with van der Waals surface area (Å²) in [6, 6.07) is 10.2. The fourth-order valence-corrected chi connectivity index (χ4v) is 2.91. The number of nitrogens with zero attached hydrogens (tertiary/aromatic N) is 1. The number of hydrogen-bond donors (Lipinski definition) is 1. The van der Waals surface area contributed by atoms with Gasteiger partial charge in [-0.25, -0.2) is 4.79 Å². The summed E-state index contributed by atoms with van der Waals surface area (Å²) >= 11 is 0. The molecular formula is C18H26N2O3. The number of piperidine rings is 1. The van der Waals surface area contributed by atoms with E-state index in [1.165, 1.54) is 5.56 Å². The average molecular weight is 318 g/mol. The van der Waals surface area contributed by atoms with Crippen LogP contribution in [0.4, 0.5) is 4.79 Å². The van der Waals surface area contributed by atoms with Crippen molar-refractivity contribution in [3.63, 3.8) is 0 Å². The Morgan fingerprint density at radius 3 is 2.83 bits per heavy atom. The minimum Gasteiger partial charge on any atom is -0.450 e. The maximum absolute atomic E-state index is 12.3. The lowest BCUT2D eigenvalue weighted by Gasteiger charge is -2.33. The highest BCUT2D eigenvalue weighted by molar-refractivity contribution is 5.76. The second-order valence-corrected chi connectivity index (χ2v) is 5.88. The van der Waals surface area contributed by atoms with Crippen LogP contribution in [-0.2, 0) is 16.0 Å². The van der Waals surface area contributed by atoms with E-state index in [9.17, 15) is 9.59 Å². The first-order chi connectivity index (χ1) is 11.2. The lowest BCUT2D eigenvalue weighted by Crippen LogP contribution is -2.49. The molecule has 0 aliphatic carbocycles. The highest BCUT2D eigenvalue weighted by atomic mass is 16.5. The number of hydrogen-bond acceptors (Lipinski definition) is 3. The first-order valence-corrected chi connectivity index (χ1v) is 8.44. The van der Waals surface area contributed by atoms with E-state index >= 15 is 0 Å². The van der Waals surface area contributed by atoms with E-state index in [0.717, 1.165) is 32.2 Å². The minimum atomic E-state index is -0.393. The van der Waals surface area contributed by atoms with Crippen molar-refractivity contribution >= 4 is 12.0 Å². The Morgan fingerprint density at radius 1 is 1.30 bits per heavy atom. The molecule has 0 spiro atoms. The molecule has 0 radical (unpaired) electrons. The van der Waals surface area contributed by atoms with Gasteiger partial charge in [0.05, 0.1) is 6.61 Å². The molecule has 1 aliphatic heterocycles. The molecule has 1 aromatic carbocycles. The van der Waals surface area contributed by atoms with Crippen LogP contribution < -0.4 is 5.32 Å². The summed E-state index contributed by atoms with van der Waals surface area (Å²) in [6.45, 7) is 3.51. The molecule has 0 unspecified atom stereocenters.